The summed E-state index contributed by atoms with van der Waals surface area (Å²) in [5, 5.41) is 0.411. The van der Waals surface area contributed by atoms with Gasteiger partial charge in [-0.15, -0.1) is 0 Å². The van der Waals surface area contributed by atoms with Crippen LogP contribution in [-0.4, -0.2) is 20.5 Å². The molecule has 0 amide bonds. The van der Waals surface area contributed by atoms with Gasteiger partial charge in [-0.05, 0) is 12.8 Å². The van der Waals surface area contributed by atoms with E-state index in [1.807, 2.05) is 13.8 Å². The van der Waals surface area contributed by atoms with Crippen molar-refractivity contribution in [1.29, 1.82) is 0 Å². The zero-order chi connectivity index (χ0) is 9.14. The Labute approximate surface area is 76.2 Å². The molecule has 3 atom stereocenters. The van der Waals surface area contributed by atoms with Crippen LogP contribution in [0.2, 0.25) is 0 Å². The van der Waals surface area contributed by atoms with Crippen molar-refractivity contribution in [3.63, 3.8) is 0 Å². The molecule has 3 heteroatoms. The molecule has 0 heterocycles. The lowest BCUT2D eigenvalue weighted by Crippen LogP contribution is -2.21. The summed E-state index contributed by atoms with van der Waals surface area (Å²) in [5.41, 5.74) is 0. The second-order valence-electron chi connectivity index (χ2n) is 3.45. The molecule has 70 valence electrons. The average Bonchev–Trinajstić information content (AvgIpc) is 2.49. The van der Waals surface area contributed by atoms with Gasteiger partial charge >= 0.3 is 0 Å². The highest BCUT2D eigenvalue weighted by Gasteiger charge is 2.28. The van der Waals surface area contributed by atoms with Crippen LogP contribution in [0.4, 0.5) is 0 Å². The van der Waals surface area contributed by atoms with Gasteiger partial charge in [0.25, 0.3) is 0 Å². The summed E-state index contributed by atoms with van der Waals surface area (Å²) in [6.45, 7) is 4.04. The van der Waals surface area contributed by atoms with Crippen molar-refractivity contribution in [1.82, 2.24) is 0 Å². The molecule has 0 saturated heterocycles. The predicted octanol–water partition coefficient (Wildman–Crippen LogP) is 1.66. The molecule has 1 aliphatic carbocycles. The van der Waals surface area contributed by atoms with E-state index in [1.165, 1.54) is 0 Å². The number of hydrogen-bond acceptors (Lipinski definition) is 2. The van der Waals surface area contributed by atoms with Crippen LogP contribution in [0.5, 0.6) is 0 Å². The quantitative estimate of drug-likeness (QED) is 0.675. The molecule has 12 heavy (non-hydrogen) atoms. The largest absolute Gasteiger partial charge is 0.300 e. The third-order valence-corrected chi connectivity index (χ3v) is 4.69. The normalized spacial score (nSPS) is 28.8. The Bertz CT molecular complexity index is 201. The maximum Gasteiger partial charge on any atom is 0.134 e. The minimum atomic E-state index is -0.782. The zero-order valence-corrected chi connectivity index (χ0v) is 8.52. The Hall–Kier alpha value is -0.180. The maximum absolute atomic E-state index is 11.7. The highest BCUT2D eigenvalue weighted by Crippen LogP contribution is 2.23. The second-order valence-corrected chi connectivity index (χ2v) is 5.58. The van der Waals surface area contributed by atoms with Crippen molar-refractivity contribution >= 4 is 16.6 Å². The molecule has 0 spiro atoms. The highest BCUT2D eigenvalue weighted by atomic mass is 32.2. The van der Waals surface area contributed by atoms with E-state index in [-0.39, 0.29) is 16.3 Å². The van der Waals surface area contributed by atoms with Gasteiger partial charge in [0.15, 0.2) is 0 Å². The van der Waals surface area contributed by atoms with Crippen LogP contribution in [0, 0.1) is 0 Å². The van der Waals surface area contributed by atoms with E-state index < -0.39 is 10.8 Å². The van der Waals surface area contributed by atoms with Gasteiger partial charge in [0.05, 0.1) is 0 Å². The van der Waals surface area contributed by atoms with E-state index >= 15 is 0 Å². The first-order valence-electron chi connectivity index (χ1n) is 4.56. The Morgan fingerprint density at radius 1 is 1.67 bits per heavy atom. The van der Waals surface area contributed by atoms with Gasteiger partial charge in [0.2, 0.25) is 0 Å². The minimum absolute atomic E-state index is 0.160. The molecule has 1 rings (SSSR count). The van der Waals surface area contributed by atoms with Crippen LogP contribution in [0.1, 0.15) is 39.5 Å². The van der Waals surface area contributed by atoms with Crippen molar-refractivity contribution in [2.45, 2.75) is 50.0 Å². The first-order chi connectivity index (χ1) is 5.65. The molecule has 0 radical (unpaired) electrons. The number of carbonyl (C=O) groups excluding carboxylic acids is 1. The molecule has 0 aliphatic heterocycles. The number of hydrogen-bond donors (Lipinski definition) is 0. The van der Waals surface area contributed by atoms with Crippen molar-refractivity contribution in [2.24, 2.45) is 0 Å². The molecule has 1 fully saturated rings. The SMILES string of the molecule is CCC(C)S(=O)C1CCC(=O)C1. The first kappa shape index (κ1) is 9.90. The molecule has 2 nitrogen and oxygen atoms in total. The van der Waals surface area contributed by atoms with Gasteiger partial charge < -0.3 is 0 Å². The fourth-order valence-corrected chi connectivity index (χ4v) is 3.16. The molecule has 0 bridgehead atoms. The summed E-state index contributed by atoms with van der Waals surface area (Å²) < 4.78 is 11.7. The molecule has 3 unspecified atom stereocenters. The van der Waals surface area contributed by atoms with Crippen LogP contribution in [-0.2, 0) is 15.6 Å². The van der Waals surface area contributed by atoms with E-state index in [4.69, 9.17) is 0 Å². The zero-order valence-electron chi connectivity index (χ0n) is 7.71. The monoisotopic (exact) mass is 188 g/mol. The third-order valence-electron chi connectivity index (χ3n) is 2.50. The lowest BCUT2D eigenvalue weighted by atomic mass is 10.3. The lowest BCUT2D eigenvalue weighted by Gasteiger charge is -2.13. The number of ketones is 1. The number of rotatable bonds is 3. The van der Waals surface area contributed by atoms with Crippen LogP contribution in [0.15, 0.2) is 0 Å². The maximum atomic E-state index is 11.7. The predicted molar refractivity (Wildman–Crippen MR) is 50.5 cm³/mol. The Balaban J connectivity index is 2.48. The third kappa shape index (κ3) is 2.16. The van der Waals surface area contributed by atoms with Gasteiger partial charge in [0.1, 0.15) is 5.78 Å². The molecule has 0 aromatic carbocycles. The average molecular weight is 188 g/mol. The second kappa shape index (κ2) is 4.17. The molecular weight excluding hydrogens is 172 g/mol. The molecule has 0 aromatic rings. The van der Waals surface area contributed by atoms with E-state index in [0.717, 1.165) is 12.8 Å². The first-order valence-corrected chi connectivity index (χ1v) is 5.83. The molecule has 0 aromatic heterocycles. The van der Waals surface area contributed by atoms with E-state index in [1.54, 1.807) is 0 Å². The topological polar surface area (TPSA) is 34.1 Å². The van der Waals surface area contributed by atoms with Crippen molar-refractivity contribution in [2.75, 3.05) is 0 Å². The molecule has 1 aliphatic rings. The van der Waals surface area contributed by atoms with E-state index in [9.17, 15) is 9.00 Å². The Morgan fingerprint density at radius 3 is 2.75 bits per heavy atom. The van der Waals surface area contributed by atoms with E-state index in [0.29, 0.717) is 12.8 Å². The summed E-state index contributed by atoms with van der Waals surface area (Å²) in [6.07, 6.45) is 2.98. The summed E-state index contributed by atoms with van der Waals surface area (Å²) in [6, 6.07) is 0. The van der Waals surface area contributed by atoms with Crippen LogP contribution >= 0.6 is 0 Å². The van der Waals surface area contributed by atoms with Crippen LogP contribution < -0.4 is 0 Å². The van der Waals surface area contributed by atoms with Crippen molar-refractivity contribution in [3.8, 4) is 0 Å². The molecule has 1 saturated carbocycles. The highest BCUT2D eigenvalue weighted by molar-refractivity contribution is 7.86. The van der Waals surface area contributed by atoms with Gasteiger partial charge in [-0.25, -0.2) is 0 Å². The molecule has 0 N–H and O–H groups in total. The summed E-state index contributed by atoms with van der Waals surface area (Å²) in [4.78, 5) is 10.9. The van der Waals surface area contributed by atoms with Gasteiger partial charge in [-0.1, -0.05) is 13.8 Å². The lowest BCUT2D eigenvalue weighted by molar-refractivity contribution is -0.117. The van der Waals surface area contributed by atoms with E-state index in [2.05, 4.69) is 0 Å². The van der Waals surface area contributed by atoms with Crippen LogP contribution in [0.25, 0.3) is 0 Å². The fourth-order valence-electron chi connectivity index (χ4n) is 1.47. The van der Waals surface area contributed by atoms with Gasteiger partial charge in [-0.3, -0.25) is 9.00 Å². The van der Waals surface area contributed by atoms with Crippen molar-refractivity contribution < 1.29 is 9.00 Å². The number of carbonyl (C=O) groups is 1. The van der Waals surface area contributed by atoms with Gasteiger partial charge in [-0.2, -0.15) is 0 Å². The van der Waals surface area contributed by atoms with Crippen molar-refractivity contribution in [3.05, 3.63) is 0 Å². The molecular formula is C9H16O2S. The summed E-state index contributed by atoms with van der Waals surface area (Å²) in [5.74, 6) is 0.289. The standard InChI is InChI=1S/C9H16O2S/c1-3-7(2)12(11)9-5-4-8(10)6-9/h7,9H,3-6H2,1-2H3. The Morgan fingerprint density at radius 2 is 2.33 bits per heavy atom. The minimum Gasteiger partial charge on any atom is -0.300 e. The van der Waals surface area contributed by atoms with Crippen LogP contribution in [0.3, 0.4) is 0 Å². The summed E-state index contributed by atoms with van der Waals surface area (Å²) in [7, 11) is -0.782. The smallest absolute Gasteiger partial charge is 0.134 e. The summed E-state index contributed by atoms with van der Waals surface area (Å²) >= 11 is 0. The van der Waals surface area contributed by atoms with Gasteiger partial charge in [0, 0.05) is 34.1 Å². The fraction of sp³-hybridized carbons (Fsp3) is 0.889. The Kier molecular flexibility index (Phi) is 3.44. The number of Topliss-reactive ketones (excluding diaryl/α,β-unsaturated/α-hetero) is 1.